The van der Waals surface area contributed by atoms with Gasteiger partial charge in [0, 0.05) is 72.8 Å². The van der Waals surface area contributed by atoms with E-state index in [0.29, 0.717) is 11.9 Å². The topological polar surface area (TPSA) is 84.2 Å². The Morgan fingerprint density at radius 2 is 0.711 bits per heavy atom. The first-order chi connectivity index (χ1) is 37.7. The van der Waals surface area contributed by atoms with Crippen molar-refractivity contribution >= 4 is 87.5 Å². The van der Waals surface area contributed by atoms with E-state index in [1.54, 1.807) is 0 Å². The largest absolute Gasteiger partial charge is 0.294 e. The lowest BCUT2D eigenvalue weighted by Gasteiger charge is -2.13. The number of pyridine rings is 1. The molecular formula is C67H41N9. The van der Waals surface area contributed by atoms with Crippen LogP contribution in [0.4, 0.5) is 0 Å². The third kappa shape index (κ3) is 6.17. The fourth-order valence-corrected chi connectivity index (χ4v) is 11.9. The minimum Gasteiger partial charge on any atom is -0.294 e. The maximum atomic E-state index is 5.65. The van der Waals surface area contributed by atoms with Crippen LogP contribution in [-0.4, -0.2) is 43.2 Å². The first-order valence-electron chi connectivity index (χ1n) is 25.5. The number of fused-ring (bicyclic) bond motifs is 12. The van der Waals surface area contributed by atoms with Gasteiger partial charge in [-0.1, -0.05) is 164 Å². The zero-order chi connectivity index (χ0) is 49.8. The molecule has 0 radical (unpaired) electrons. The molecule has 7 aromatic heterocycles. The Kier molecular flexibility index (Phi) is 9.13. The van der Waals surface area contributed by atoms with Crippen molar-refractivity contribution < 1.29 is 0 Å². The highest BCUT2D eigenvalue weighted by atomic mass is 15.2. The number of benzene rings is 9. The van der Waals surface area contributed by atoms with Gasteiger partial charge in [0.05, 0.1) is 55.3 Å². The Labute approximate surface area is 434 Å². The highest BCUT2D eigenvalue weighted by Crippen LogP contribution is 2.45. The van der Waals surface area contributed by atoms with Crippen LogP contribution in [0.5, 0.6) is 0 Å². The number of nitrogens with zero attached hydrogens (tertiary/aromatic N) is 9. The first kappa shape index (κ1) is 42.0. The lowest BCUT2D eigenvalue weighted by atomic mass is 9.99. The van der Waals surface area contributed by atoms with Gasteiger partial charge >= 0.3 is 0 Å². The average molecular weight is 972 g/mol. The average Bonchev–Trinajstić information content (AvgIpc) is 4.28. The quantitative estimate of drug-likeness (QED) is 0.159. The van der Waals surface area contributed by atoms with Gasteiger partial charge in [0.1, 0.15) is 0 Å². The molecule has 354 valence electrons. The lowest BCUT2D eigenvalue weighted by Crippen LogP contribution is -2.05. The van der Waals surface area contributed by atoms with Gasteiger partial charge in [0.15, 0.2) is 11.3 Å². The molecule has 76 heavy (non-hydrogen) atoms. The smallest absolute Gasteiger partial charge is 0.237 e. The van der Waals surface area contributed by atoms with Crippen LogP contribution in [0, 0.1) is 0 Å². The minimum atomic E-state index is 0.590. The summed E-state index contributed by atoms with van der Waals surface area (Å²) in [6.07, 6.45) is 3.68. The zero-order valence-electron chi connectivity index (χ0n) is 40.7. The van der Waals surface area contributed by atoms with Gasteiger partial charge in [-0.3, -0.25) is 23.3 Å². The fraction of sp³-hybridized carbons (Fsp3) is 0. The third-order valence-corrected chi connectivity index (χ3v) is 15.1. The van der Waals surface area contributed by atoms with Crippen molar-refractivity contribution in [2.45, 2.75) is 0 Å². The molecule has 0 aliphatic rings. The van der Waals surface area contributed by atoms with Crippen LogP contribution >= 0.6 is 0 Å². The summed E-state index contributed by atoms with van der Waals surface area (Å²) in [6, 6.07) is 83.3. The SMILES string of the molecule is c1ccc(-c2nc(-n3c4ccccc4c4cc(-c5cccc6c7c(-c8ccncc8)nc(-n8c9ccccc9c9ccccc98)nc7n(-c7ccccc7)c56)ccc43)nc3c2c2ccccc2n3-c2ccccc2)cc1. The molecule has 9 nitrogen and oxygen atoms in total. The van der Waals surface area contributed by atoms with Crippen molar-refractivity contribution in [1.82, 2.24) is 43.2 Å². The number of hydrogen-bond acceptors (Lipinski definition) is 5. The number of hydrogen-bond donors (Lipinski definition) is 0. The van der Waals surface area contributed by atoms with Crippen molar-refractivity contribution in [2.24, 2.45) is 0 Å². The van der Waals surface area contributed by atoms with Crippen LogP contribution in [0.3, 0.4) is 0 Å². The molecule has 0 unspecified atom stereocenters. The highest BCUT2D eigenvalue weighted by Gasteiger charge is 2.27. The van der Waals surface area contributed by atoms with E-state index >= 15 is 0 Å². The molecule has 0 bridgehead atoms. The molecule has 9 aromatic carbocycles. The molecule has 0 N–H and O–H groups in total. The maximum Gasteiger partial charge on any atom is 0.237 e. The van der Waals surface area contributed by atoms with Crippen LogP contribution < -0.4 is 0 Å². The van der Waals surface area contributed by atoms with Gasteiger partial charge in [0.2, 0.25) is 11.9 Å². The third-order valence-electron chi connectivity index (χ3n) is 15.1. The molecule has 0 amide bonds. The summed E-state index contributed by atoms with van der Waals surface area (Å²) in [5.74, 6) is 1.19. The van der Waals surface area contributed by atoms with E-state index in [0.717, 1.165) is 133 Å². The van der Waals surface area contributed by atoms with E-state index < -0.39 is 0 Å². The summed E-state index contributed by atoms with van der Waals surface area (Å²) in [5, 5.41) is 8.60. The molecule has 0 atom stereocenters. The Hall–Kier alpha value is -10.5. The lowest BCUT2D eigenvalue weighted by molar-refractivity contribution is 0.993. The summed E-state index contributed by atoms with van der Waals surface area (Å²) in [5.41, 5.74) is 15.7. The van der Waals surface area contributed by atoms with E-state index in [4.69, 9.17) is 19.9 Å². The van der Waals surface area contributed by atoms with E-state index in [9.17, 15) is 0 Å². The van der Waals surface area contributed by atoms with Crippen molar-refractivity contribution in [1.29, 1.82) is 0 Å². The van der Waals surface area contributed by atoms with Gasteiger partial charge in [-0.05, 0) is 78.4 Å². The van der Waals surface area contributed by atoms with Gasteiger partial charge in [0.25, 0.3) is 0 Å². The second kappa shape index (κ2) is 16.5. The van der Waals surface area contributed by atoms with Crippen LogP contribution in [0.1, 0.15) is 0 Å². The summed E-state index contributed by atoms with van der Waals surface area (Å²) in [4.78, 5) is 26.8. The van der Waals surface area contributed by atoms with Crippen LogP contribution in [0.2, 0.25) is 0 Å². The van der Waals surface area contributed by atoms with E-state index in [2.05, 4.69) is 248 Å². The van der Waals surface area contributed by atoms with Crippen LogP contribution in [0.25, 0.3) is 144 Å². The molecule has 0 fully saturated rings. The molecule has 0 spiro atoms. The standard InChI is InChI=1S/C67H41N9/c1-4-19-42(20-5-1)61-59-51-28-13-17-34-57(51)73(45-21-6-2-7-22-45)64(59)71-66(69-61)76-56-33-16-12-27-50(56)53-41-44(35-36-58(53)76)47-29-18-30-52-60-62(43-37-39-68-40-38-43)70-67(72-65(60)74(63(47)52)46-23-8-3-9-24-46)75-54-31-14-10-25-48(54)49-26-11-15-32-55(49)75/h1-41H. The Bertz CT molecular complexity index is 4920. The fourth-order valence-electron chi connectivity index (χ4n) is 11.9. The summed E-state index contributed by atoms with van der Waals surface area (Å²) >= 11 is 0. The molecule has 0 saturated carbocycles. The van der Waals surface area contributed by atoms with Gasteiger partial charge < -0.3 is 0 Å². The zero-order valence-corrected chi connectivity index (χ0v) is 40.7. The normalized spacial score (nSPS) is 11.9. The monoisotopic (exact) mass is 971 g/mol. The number of para-hydroxylation sites is 7. The molecule has 16 rings (SSSR count). The molecular weight excluding hydrogens is 931 g/mol. The number of aromatic nitrogens is 9. The Morgan fingerprint density at radius 1 is 0.276 bits per heavy atom. The Morgan fingerprint density at radius 3 is 1.30 bits per heavy atom. The molecule has 0 aliphatic heterocycles. The first-order valence-corrected chi connectivity index (χ1v) is 25.5. The van der Waals surface area contributed by atoms with Crippen molar-refractivity contribution in [3.05, 3.63) is 249 Å². The van der Waals surface area contributed by atoms with Gasteiger partial charge in [-0.25, -0.2) is 9.97 Å². The van der Waals surface area contributed by atoms with Gasteiger partial charge in [-0.15, -0.1) is 0 Å². The minimum absolute atomic E-state index is 0.590. The van der Waals surface area contributed by atoms with Gasteiger partial charge in [-0.2, -0.15) is 9.97 Å². The van der Waals surface area contributed by atoms with Crippen molar-refractivity contribution in [3.63, 3.8) is 0 Å². The highest BCUT2D eigenvalue weighted by molar-refractivity contribution is 6.19. The summed E-state index contributed by atoms with van der Waals surface area (Å²) < 4.78 is 9.05. The van der Waals surface area contributed by atoms with Crippen molar-refractivity contribution in [3.8, 4) is 56.9 Å². The molecule has 16 aromatic rings. The second-order valence-corrected chi connectivity index (χ2v) is 19.3. The van der Waals surface area contributed by atoms with E-state index in [1.165, 1.54) is 0 Å². The molecule has 0 aliphatic carbocycles. The van der Waals surface area contributed by atoms with Crippen molar-refractivity contribution in [2.75, 3.05) is 0 Å². The molecule has 0 saturated heterocycles. The maximum absolute atomic E-state index is 5.65. The predicted molar refractivity (Wildman–Crippen MR) is 309 cm³/mol. The van der Waals surface area contributed by atoms with E-state index in [-0.39, 0.29) is 0 Å². The van der Waals surface area contributed by atoms with E-state index in [1.807, 2.05) is 24.5 Å². The number of rotatable bonds is 7. The second-order valence-electron chi connectivity index (χ2n) is 19.3. The summed E-state index contributed by atoms with van der Waals surface area (Å²) in [6.45, 7) is 0. The molecule has 7 heterocycles. The molecule has 9 heteroatoms. The van der Waals surface area contributed by atoms with Crippen LogP contribution in [0.15, 0.2) is 249 Å². The van der Waals surface area contributed by atoms with Crippen LogP contribution in [-0.2, 0) is 0 Å². The predicted octanol–water partition coefficient (Wildman–Crippen LogP) is 16.1. The summed E-state index contributed by atoms with van der Waals surface area (Å²) in [7, 11) is 0. The Balaban J connectivity index is 0.974.